The second-order valence-electron chi connectivity index (χ2n) is 4.95. The molecule has 0 N–H and O–H groups in total. The van der Waals surface area contributed by atoms with E-state index in [2.05, 4.69) is 27.0 Å². The molecule has 0 aromatic heterocycles. The summed E-state index contributed by atoms with van der Waals surface area (Å²) in [4.78, 5) is 0. The van der Waals surface area contributed by atoms with Crippen LogP contribution in [0.25, 0.3) is 0 Å². The monoisotopic (exact) mass is 192 g/mol. The highest BCUT2D eigenvalue weighted by atomic mass is 14.2. The Morgan fingerprint density at radius 1 is 1.21 bits per heavy atom. The van der Waals surface area contributed by atoms with Crippen LogP contribution in [0.2, 0.25) is 0 Å². The van der Waals surface area contributed by atoms with Gasteiger partial charge in [0.2, 0.25) is 0 Å². The third-order valence-electron chi connectivity index (χ3n) is 3.55. The molecule has 14 heavy (non-hydrogen) atoms. The molecule has 80 valence electrons. The SMILES string of the molecule is C=C(C)C(=C)C(C)CC1CCCCC1. The van der Waals surface area contributed by atoms with E-state index in [1.54, 1.807) is 0 Å². The van der Waals surface area contributed by atoms with Gasteiger partial charge in [-0.15, -0.1) is 0 Å². The minimum absolute atomic E-state index is 0.635. The first-order valence-corrected chi connectivity index (χ1v) is 5.96. The first-order valence-electron chi connectivity index (χ1n) is 5.96. The molecule has 1 saturated carbocycles. The van der Waals surface area contributed by atoms with Gasteiger partial charge in [-0.1, -0.05) is 63.3 Å². The fourth-order valence-electron chi connectivity index (χ4n) is 2.49. The van der Waals surface area contributed by atoms with E-state index in [4.69, 9.17) is 0 Å². The lowest BCUT2D eigenvalue weighted by atomic mass is 9.80. The third-order valence-corrected chi connectivity index (χ3v) is 3.55. The molecular weight excluding hydrogens is 168 g/mol. The van der Waals surface area contributed by atoms with E-state index in [1.807, 2.05) is 0 Å². The molecule has 1 unspecified atom stereocenters. The Labute approximate surface area is 89.1 Å². The molecule has 0 aromatic carbocycles. The van der Waals surface area contributed by atoms with Crippen LogP contribution >= 0.6 is 0 Å². The smallest absolute Gasteiger partial charge is 0.0191 e. The Kier molecular flexibility index (Phi) is 4.44. The van der Waals surface area contributed by atoms with E-state index >= 15 is 0 Å². The lowest BCUT2D eigenvalue weighted by Gasteiger charge is -2.25. The molecule has 0 radical (unpaired) electrons. The van der Waals surface area contributed by atoms with Crippen molar-refractivity contribution in [1.82, 2.24) is 0 Å². The van der Waals surface area contributed by atoms with Gasteiger partial charge in [-0.3, -0.25) is 0 Å². The zero-order chi connectivity index (χ0) is 10.6. The lowest BCUT2D eigenvalue weighted by Crippen LogP contribution is -2.11. The highest BCUT2D eigenvalue weighted by Gasteiger charge is 2.17. The van der Waals surface area contributed by atoms with Crippen molar-refractivity contribution in [3.05, 3.63) is 24.3 Å². The summed E-state index contributed by atoms with van der Waals surface area (Å²) < 4.78 is 0. The first-order chi connectivity index (χ1) is 6.61. The van der Waals surface area contributed by atoms with Gasteiger partial charge in [-0.2, -0.15) is 0 Å². The van der Waals surface area contributed by atoms with Crippen molar-refractivity contribution in [3.63, 3.8) is 0 Å². The molecule has 0 aliphatic heterocycles. The van der Waals surface area contributed by atoms with Crippen molar-refractivity contribution in [2.24, 2.45) is 11.8 Å². The van der Waals surface area contributed by atoms with Gasteiger partial charge in [0.1, 0.15) is 0 Å². The molecule has 0 bridgehead atoms. The molecule has 1 rings (SSSR count). The van der Waals surface area contributed by atoms with Crippen LogP contribution in [-0.2, 0) is 0 Å². The molecule has 1 atom stereocenters. The van der Waals surface area contributed by atoms with Crippen molar-refractivity contribution in [1.29, 1.82) is 0 Å². The maximum atomic E-state index is 4.12. The average Bonchev–Trinajstić information content (AvgIpc) is 2.18. The predicted molar refractivity (Wildman–Crippen MR) is 64.3 cm³/mol. The number of hydrogen-bond acceptors (Lipinski definition) is 0. The van der Waals surface area contributed by atoms with Gasteiger partial charge >= 0.3 is 0 Å². The standard InChI is InChI=1S/C14H24/c1-11(2)13(4)12(3)10-14-8-6-5-7-9-14/h12,14H,1,4-10H2,2-3H3. The van der Waals surface area contributed by atoms with Crippen LogP contribution in [0, 0.1) is 11.8 Å². The van der Waals surface area contributed by atoms with Crippen LogP contribution in [0.5, 0.6) is 0 Å². The summed E-state index contributed by atoms with van der Waals surface area (Å²) in [7, 11) is 0. The normalized spacial score (nSPS) is 20.4. The Bertz CT molecular complexity index is 206. The molecular formula is C14H24. The number of rotatable bonds is 4. The molecule has 0 heterocycles. The number of allylic oxidation sites excluding steroid dienone is 2. The quantitative estimate of drug-likeness (QED) is 0.565. The topological polar surface area (TPSA) is 0 Å². The number of hydrogen-bond donors (Lipinski definition) is 0. The molecule has 1 fully saturated rings. The molecule has 0 nitrogen and oxygen atoms in total. The molecule has 0 spiro atoms. The summed E-state index contributed by atoms with van der Waals surface area (Å²) in [6.07, 6.45) is 8.54. The van der Waals surface area contributed by atoms with Gasteiger partial charge in [0, 0.05) is 0 Å². The molecule has 0 aromatic rings. The van der Waals surface area contributed by atoms with Crippen LogP contribution in [-0.4, -0.2) is 0 Å². The fraction of sp³-hybridized carbons (Fsp3) is 0.714. The first kappa shape index (κ1) is 11.6. The minimum Gasteiger partial charge on any atom is -0.0958 e. The maximum Gasteiger partial charge on any atom is -0.0191 e. The van der Waals surface area contributed by atoms with Crippen LogP contribution in [0.1, 0.15) is 52.4 Å². The maximum absolute atomic E-state index is 4.12. The third kappa shape index (κ3) is 3.32. The Morgan fingerprint density at radius 2 is 1.79 bits per heavy atom. The Morgan fingerprint density at radius 3 is 2.29 bits per heavy atom. The fourth-order valence-corrected chi connectivity index (χ4v) is 2.49. The predicted octanol–water partition coefficient (Wildman–Crippen LogP) is 4.73. The van der Waals surface area contributed by atoms with Crippen molar-refractivity contribution in [2.45, 2.75) is 52.4 Å². The molecule has 1 aliphatic carbocycles. The van der Waals surface area contributed by atoms with Gasteiger partial charge in [0.05, 0.1) is 0 Å². The van der Waals surface area contributed by atoms with Gasteiger partial charge in [0.25, 0.3) is 0 Å². The van der Waals surface area contributed by atoms with Crippen molar-refractivity contribution in [3.8, 4) is 0 Å². The molecule has 0 saturated heterocycles. The van der Waals surface area contributed by atoms with Crippen molar-refractivity contribution < 1.29 is 0 Å². The highest BCUT2D eigenvalue weighted by molar-refractivity contribution is 5.24. The van der Waals surface area contributed by atoms with Crippen LogP contribution < -0.4 is 0 Å². The van der Waals surface area contributed by atoms with Crippen LogP contribution in [0.15, 0.2) is 24.3 Å². The minimum atomic E-state index is 0.635. The summed E-state index contributed by atoms with van der Waals surface area (Å²) in [5.41, 5.74) is 2.42. The average molecular weight is 192 g/mol. The molecule has 0 amide bonds. The largest absolute Gasteiger partial charge is 0.0958 e. The van der Waals surface area contributed by atoms with Crippen molar-refractivity contribution >= 4 is 0 Å². The summed E-state index contributed by atoms with van der Waals surface area (Å²) in [6.45, 7) is 12.5. The Balaban J connectivity index is 2.35. The van der Waals surface area contributed by atoms with E-state index < -0.39 is 0 Å². The van der Waals surface area contributed by atoms with E-state index in [-0.39, 0.29) is 0 Å². The van der Waals surface area contributed by atoms with E-state index in [9.17, 15) is 0 Å². The molecule has 1 aliphatic rings. The highest BCUT2D eigenvalue weighted by Crippen LogP contribution is 2.32. The zero-order valence-corrected chi connectivity index (χ0v) is 9.81. The van der Waals surface area contributed by atoms with Gasteiger partial charge < -0.3 is 0 Å². The van der Waals surface area contributed by atoms with Crippen LogP contribution in [0.3, 0.4) is 0 Å². The van der Waals surface area contributed by atoms with Crippen LogP contribution in [0.4, 0.5) is 0 Å². The second-order valence-corrected chi connectivity index (χ2v) is 4.95. The van der Waals surface area contributed by atoms with Crippen molar-refractivity contribution in [2.75, 3.05) is 0 Å². The summed E-state index contributed by atoms with van der Waals surface area (Å²) in [5.74, 6) is 1.59. The zero-order valence-electron chi connectivity index (χ0n) is 9.81. The molecule has 0 heteroatoms. The van der Waals surface area contributed by atoms with E-state index in [0.29, 0.717) is 5.92 Å². The Hall–Kier alpha value is -0.520. The van der Waals surface area contributed by atoms with Gasteiger partial charge in [0.15, 0.2) is 0 Å². The lowest BCUT2D eigenvalue weighted by molar-refractivity contribution is 0.312. The summed E-state index contributed by atoms with van der Waals surface area (Å²) in [5, 5.41) is 0. The second kappa shape index (κ2) is 5.38. The van der Waals surface area contributed by atoms with E-state index in [0.717, 1.165) is 11.5 Å². The summed E-state index contributed by atoms with van der Waals surface area (Å²) in [6, 6.07) is 0. The summed E-state index contributed by atoms with van der Waals surface area (Å²) >= 11 is 0. The van der Waals surface area contributed by atoms with Gasteiger partial charge in [-0.25, -0.2) is 0 Å². The van der Waals surface area contributed by atoms with E-state index in [1.165, 1.54) is 44.1 Å². The van der Waals surface area contributed by atoms with Gasteiger partial charge in [-0.05, 0) is 25.2 Å².